The number of hydrogen-bond acceptors (Lipinski definition) is 3. The zero-order valence-electron chi connectivity index (χ0n) is 11.6. The number of aliphatic hydroxyl groups excluding tert-OH is 1. The van der Waals surface area contributed by atoms with Gasteiger partial charge in [0, 0.05) is 20.0 Å². The summed E-state index contributed by atoms with van der Waals surface area (Å²) in [5, 5.41) is 12.5. The molecule has 1 heterocycles. The summed E-state index contributed by atoms with van der Waals surface area (Å²) in [5.74, 6) is 0.0964. The Morgan fingerprint density at radius 2 is 1.89 bits per heavy atom. The van der Waals surface area contributed by atoms with E-state index in [1.165, 1.54) is 6.92 Å². The lowest BCUT2D eigenvalue weighted by atomic mass is 9.95. The zero-order valence-corrected chi connectivity index (χ0v) is 11.6. The molecule has 0 radical (unpaired) electrons. The Hall–Kier alpha value is -1.10. The second-order valence-electron chi connectivity index (χ2n) is 5.80. The molecule has 5 nitrogen and oxygen atoms in total. The van der Waals surface area contributed by atoms with Crippen LogP contribution in [0, 0.1) is 5.92 Å². The van der Waals surface area contributed by atoms with Gasteiger partial charge in [-0.1, -0.05) is 12.8 Å². The molecule has 0 spiro atoms. The van der Waals surface area contributed by atoms with E-state index in [9.17, 15) is 14.7 Å². The molecule has 2 atom stereocenters. The number of β-amino-alcohol motifs (C(OH)–C–C–N with tert-alkyl or cyclic N) is 1. The molecule has 2 unspecified atom stereocenters. The minimum Gasteiger partial charge on any atom is -0.391 e. The topological polar surface area (TPSA) is 69.6 Å². The van der Waals surface area contributed by atoms with Crippen molar-refractivity contribution in [2.45, 2.75) is 57.6 Å². The summed E-state index contributed by atoms with van der Waals surface area (Å²) in [4.78, 5) is 25.6. The summed E-state index contributed by atoms with van der Waals surface area (Å²) in [6.07, 6.45) is 5.47. The van der Waals surface area contributed by atoms with Crippen LogP contribution in [0.15, 0.2) is 0 Å². The fourth-order valence-corrected chi connectivity index (χ4v) is 3.24. The fraction of sp³-hybridized carbons (Fsp3) is 0.857. The third kappa shape index (κ3) is 3.69. The van der Waals surface area contributed by atoms with E-state index in [1.807, 2.05) is 0 Å². The largest absolute Gasteiger partial charge is 0.391 e. The normalized spacial score (nSPS) is 26.2. The van der Waals surface area contributed by atoms with Crippen LogP contribution in [0.5, 0.6) is 0 Å². The van der Waals surface area contributed by atoms with E-state index in [0.29, 0.717) is 13.1 Å². The molecule has 1 aliphatic carbocycles. The molecule has 19 heavy (non-hydrogen) atoms. The first-order chi connectivity index (χ1) is 9.08. The molecular weight excluding hydrogens is 244 g/mol. The van der Waals surface area contributed by atoms with E-state index in [4.69, 9.17) is 0 Å². The lowest BCUT2D eigenvalue weighted by molar-refractivity contribution is -0.140. The van der Waals surface area contributed by atoms with Crippen LogP contribution in [-0.4, -0.2) is 47.1 Å². The lowest BCUT2D eigenvalue weighted by Crippen LogP contribution is -2.54. The van der Waals surface area contributed by atoms with Gasteiger partial charge in [0.1, 0.15) is 6.04 Å². The number of nitrogens with zero attached hydrogens (tertiary/aromatic N) is 1. The number of amides is 2. The molecule has 5 heteroatoms. The summed E-state index contributed by atoms with van der Waals surface area (Å²) < 4.78 is 0. The monoisotopic (exact) mass is 268 g/mol. The highest BCUT2D eigenvalue weighted by Gasteiger charge is 2.35. The van der Waals surface area contributed by atoms with Crippen LogP contribution in [0.2, 0.25) is 0 Å². The van der Waals surface area contributed by atoms with Crippen molar-refractivity contribution in [3.63, 3.8) is 0 Å². The SMILES string of the molecule is CC(=O)NC(C(=O)N1CCCC(O)C1)C1CCCC1. The number of likely N-dealkylation sites (tertiary alicyclic amines) is 1. The first-order valence-corrected chi connectivity index (χ1v) is 7.32. The highest BCUT2D eigenvalue weighted by Crippen LogP contribution is 2.29. The number of aliphatic hydroxyl groups is 1. The van der Waals surface area contributed by atoms with Gasteiger partial charge in [0.05, 0.1) is 6.10 Å². The van der Waals surface area contributed by atoms with Crippen LogP contribution in [0.4, 0.5) is 0 Å². The quantitative estimate of drug-likeness (QED) is 0.790. The molecule has 1 saturated heterocycles. The summed E-state index contributed by atoms with van der Waals surface area (Å²) in [6.45, 7) is 2.56. The maximum atomic E-state index is 12.6. The summed E-state index contributed by atoms with van der Waals surface area (Å²) in [7, 11) is 0. The molecule has 0 aromatic rings. The van der Waals surface area contributed by atoms with Gasteiger partial charge in [0.25, 0.3) is 0 Å². The number of carbonyl (C=O) groups is 2. The molecule has 0 aromatic carbocycles. The summed E-state index contributed by atoms with van der Waals surface area (Å²) >= 11 is 0. The van der Waals surface area contributed by atoms with Gasteiger partial charge >= 0.3 is 0 Å². The molecule has 2 amide bonds. The molecular formula is C14H24N2O3. The smallest absolute Gasteiger partial charge is 0.245 e. The first kappa shape index (κ1) is 14.3. The van der Waals surface area contributed by atoms with E-state index in [1.54, 1.807) is 4.90 Å². The van der Waals surface area contributed by atoms with Crippen LogP contribution < -0.4 is 5.32 Å². The van der Waals surface area contributed by atoms with Gasteiger partial charge in [-0.15, -0.1) is 0 Å². The van der Waals surface area contributed by atoms with Crippen molar-refractivity contribution in [1.29, 1.82) is 0 Å². The van der Waals surface area contributed by atoms with Crippen molar-refractivity contribution in [3.8, 4) is 0 Å². The van der Waals surface area contributed by atoms with Crippen molar-refractivity contribution in [1.82, 2.24) is 10.2 Å². The highest BCUT2D eigenvalue weighted by molar-refractivity contribution is 5.87. The van der Waals surface area contributed by atoms with Crippen LogP contribution in [0.25, 0.3) is 0 Å². The molecule has 2 fully saturated rings. The van der Waals surface area contributed by atoms with Gasteiger partial charge in [-0.3, -0.25) is 9.59 Å². The highest BCUT2D eigenvalue weighted by atomic mass is 16.3. The van der Waals surface area contributed by atoms with Crippen molar-refractivity contribution in [2.24, 2.45) is 5.92 Å². The lowest BCUT2D eigenvalue weighted by Gasteiger charge is -2.34. The third-order valence-corrected chi connectivity index (χ3v) is 4.20. The Kier molecular flexibility index (Phi) is 4.80. The molecule has 2 rings (SSSR count). The predicted molar refractivity (Wildman–Crippen MR) is 71.4 cm³/mol. The minimum atomic E-state index is -0.417. The number of piperidine rings is 1. The van der Waals surface area contributed by atoms with E-state index in [-0.39, 0.29) is 17.7 Å². The Morgan fingerprint density at radius 3 is 2.47 bits per heavy atom. The molecule has 2 aliphatic rings. The Balaban J connectivity index is 2.03. The van der Waals surface area contributed by atoms with Gasteiger partial charge < -0.3 is 15.3 Å². The number of rotatable bonds is 3. The van der Waals surface area contributed by atoms with Crippen LogP contribution in [-0.2, 0) is 9.59 Å². The first-order valence-electron chi connectivity index (χ1n) is 7.32. The molecule has 108 valence electrons. The minimum absolute atomic E-state index is 0.0131. The van der Waals surface area contributed by atoms with Gasteiger partial charge in [0.15, 0.2) is 0 Å². The van der Waals surface area contributed by atoms with E-state index in [0.717, 1.165) is 38.5 Å². The van der Waals surface area contributed by atoms with Crippen molar-refractivity contribution in [3.05, 3.63) is 0 Å². The molecule has 1 aliphatic heterocycles. The predicted octanol–water partition coefficient (Wildman–Crippen LogP) is 0.665. The fourth-order valence-electron chi connectivity index (χ4n) is 3.24. The second-order valence-corrected chi connectivity index (χ2v) is 5.80. The van der Waals surface area contributed by atoms with Crippen molar-refractivity contribution >= 4 is 11.8 Å². The third-order valence-electron chi connectivity index (χ3n) is 4.20. The molecule has 0 aromatic heterocycles. The molecule has 1 saturated carbocycles. The maximum Gasteiger partial charge on any atom is 0.245 e. The molecule has 0 bridgehead atoms. The van der Waals surface area contributed by atoms with Crippen molar-refractivity contribution < 1.29 is 14.7 Å². The summed E-state index contributed by atoms with van der Waals surface area (Å²) in [6, 6.07) is -0.398. The van der Waals surface area contributed by atoms with E-state index in [2.05, 4.69) is 5.32 Å². The zero-order chi connectivity index (χ0) is 13.8. The van der Waals surface area contributed by atoms with Gasteiger partial charge in [0.2, 0.25) is 11.8 Å². The number of carbonyl (C=O) groups excluding carboxylic acids is 2. The van der Waals surface area contributed by atoms with Crippen LogP contribution in [0.1, 0.15) is 45.4 Å². The van der Waals surface area contributed by atoms with Crippen LogP contribution >= 0.6 is 0 Å². The average Bonchev–Trinajstić information content (AvgIpc) is 2.88. The van der Waals surface area contributed by atoms with Gasteiger partial charge in [-0.2, -0.15) is 0 Å². The number of hydrogen-bond donors (Lipinski definition) is 2. The summed E-state index contributed by atoms with van der Waals surface area (Å²) in [5.41, 5.74) is 0. The Morgan fingerprint density at radius 1 is 1.21 bits per heavy atom. The second kappa shape index (κ2) is 6.37. The van der Waals surface area contributed by atoms with Gasteiger partial charge in [-0.25, -0.2) is 0 Å². The van der Waals surface area contributed by atoms with E-state index < -0.39 is 12.1 Å². The van der Waals surface area contributed by atoms with Crippen LogP contribution in [0.3, 0.4) is 0 Å². The van der Waals surface area contributed by atoms with Crippen molar-refractivity contribution in [2.75, 3.05) is 13.1 Å². The molecule has 2 N–H and O–H groups in total. The Labute approximate surface area is 114 Å². The van der Waals surface area contributed by atoms with Gasteiger partial charge in [-0.05, 0) is 31.6 Å². The standard InChI is InChI=1S/C14H24N2O3/c1-10(17)15-13(11-5-2-3-6-11)14(19)16-8-4-7-12(18)9-16/h11-13,18H,2-9H2,1H3,(H,15,17). The Bertz CT molecular complexity index is 340. The average molecular weight is 268 g/mol. The number of nitrogens with one attached hydrogen (secondary N) is 1. The maximum absolute atomic E-state index is 12.6. The van der Waals surface area contributed by atoms with E-state index >= 15 is 0 Å².